The molecule has 4 heterocycles. The quantitative estimate of drug-likeness (QED) is 0.683. The van der Waals surface area contributed by atoms with Crippen LogP contribution in [0.5, 0.6) is 11.5 Å². The third-order valence-electron chi connectivity index (χ3n) is 5.99. The number of carbonyl (C=O) groups excluding carboxylic acids is 1. The van der Waals surface area contributed by atoms with E-state index in [1.807, 2.05) is 53.7 Å². The van der Waals surface area contributed by atoms with E-state index in [-0.39, 0.29) is 24.6 Å². The van der Waals surface area contributed by atoms with Crippen molar-refractivity contribution in [1.82, 2.24) is 19.5 Å². The van der Waals surface area contributed by atoms with Crippen LogP contribution in [0.15, 0.2) is 30.5 Å². The number of ether oxygens (including phenoxy) is 2. The summed E-state index contributed by atoms with van der Waals surface area (Å²) in [4.78, 5) is 19.7. The Morgan fingerprint density at radius 3 is 2.90 bits per heavy atom. The minimum atomic E-state index is -0.00168. The van der Waals surface area contributed by atoms with Crippen LogP contribution in [-0.4, -0.2) is 45.2 Å². The van der Waals surface area contributed by atoms with Gasteiger partial charge in [0.1, 0.15) is 0 Å². The highest BCUT2D eigenvalue weighted by atomic mass is 16.5. The predicted octanol–water partition coefficient (Wildman–Crippen LogP) is 3.02. The van der Waals surface area contributed by atoms with Crippen LogP contribution in [-0.2, 0) is 11.2 Å². The van der Waals surface area contributed by atoms with E-state index in [2.05, 4.69) is 10.1 Å². The molecule has 2 atom stereocenters. The Bertz CT molecular complexity index is 1110. The van der Waals surface area contributed by atoms with Crippen molar-refractivity contribution >= 4 is 11.6 Å². The van der Waals surface area contributed by atoms with Gasteiger partial charge in [0.05, 0.1) is 24.5 Å². The molecule has 2 aliphatic heterocycles. The highest BCUT2D eigenvalue weighted by molar-refractivity contribution is 5.79. The maximum atomic E-state index is 13.1. The lowest BCUT2D eigenvalue weighted by Crippen LogP contribution is -2.44. The average molecular weight is 392 g/mol. The Morgan fingerprint density at radius 1 is 1.21 bits per heavy atom. The fraction of sp³-hybridized carbons (Fsp3) is 0.409. The van der Waals surface area contributed by atoms with E-state index in [1.54, 1.807) is 7.11 Å². The van der Waals surface area contributed by atoms with Crippen molar-refractivity contribution in [2.75, 3.05) is 13.7 Å². The van der Waals surface area contributed by atoms with Crippen LogP contribution in [0.25, 0.3) is 5.65 Å². The summed E-state index contributed by atoms with van der Waals surface area (Å²) in [6.07, 6.45) is 4.65. The van der Waals surface area contributed by atoms with Crippen LogP contribution >= 0.6 is 0 Å². The number of nitrogens with zero attached hydrogens (tertiary/aromatic N) is 4. The van der Waals surface area contributed by atoms with Gasteiger partial charge in [0.15, 0.2) is 23.8 Å². The number of benzene rings is 1. The molecule has 3 aromatic rings. The van der Waals surface area contributed by atoms with Gasteiger partial charge >= 0.3 is 0 Å². The second kappa shape index (κ2) is 6.76. The summed E-state index contributed by atoms with van der Waals surface area (Å²) in [6, 6.07) is 7.92. The van der Waals surface area contributed by atoms with Crippen LogP contribution in [0.4, 0.5) is 0 Å². The number of hydrogen-bond donors (Lipinski definition) is 0. The molecular formula is C22H24N4O3. The molecule has 150 valence electrons. The molecule has 7 nitrogen and oxygen atoms in total. The van der Waals surface area contributed by atoms with E-state index in [9.17, 15) is 4.79 Å². The molecule has 0 N–H and O–H groups in total. The number of fused-ring (bicyclic) bond motifs is 6. The lowest BCUT2D eigenvalue weighted by Gasteiger charge is -2.36. The molecule has 1 amide bonds. The van der Waals surface area contributed by atoms with E-state index in [4.69, 9.17) is 9.47 Å². The summed E-state index contributed by atoms with van der Waals surface area (Å²) in [5.41, 5.74) is 5.20. The molecule has 2 bridgehead atoms. The van der Waals surface area contributed by atoms with E-state index >= 15 is 0 Å². The molecule has 0 unspecified atom stereocenters. The monoisotopic (exact) mass is 392 g/mol. The summed E-state index contributed by atoms with van der Waals surface area (Å²) in [7, 11) is 1.61. The summed E-state index contributed by atoms with van der Waals surface area (Å²) in [5, 5.41) is 4.61. The van der Waals surface area contributed by atoms with Crippen molar-refractivity contribution in [3.63, 3.8) is 0 Å². The maximum absolute atomic E-state index is 13.1. The van der Waals surface area contributed by atoms with Crippen molar-refractivity contribution in [3.05, 3.63) is 53.0 Å². The van der Waals surface area contributed by atoms with Gasteiger partial charge in [-0.2, -0.15) is 5.10 Å². The first-order valence-electron chi connectivity index (χ1n) is 9.98. The summed E-state index contributed by atoms with van der Waals surface area (Å²) < 4.78 is 13.2. The average Bonchev–Trinajstić information content (AvgIpc) is 3.25. The van der Waals surface area contributed by atoms with E-state index in [0.29, 0.717) is 11.5 Å². The zero-order chi connectivity index (χ0) is 20.1. The van der Waals surface area contributed by atoms with Crippen molar-refractivity contribution in [1.29, 1.82) is 0 Å². The zero-order valence-electron chi connectivity index (χ0n) is 16.9. The van der Waals surface area contributed by atoms with Crippen LogP contribution in [0, 0.1) is 13.8 Å². The molecule has 1 saturated heterocycles. The Kier molecular flexibility index (Phi) is 4.19. The number of aryl methyl sites for hydroxylation is 2. The molecule has 0 saturated carbocycles. The number of hydrogen-bond acceptors (Lipinski definition) is 5. The first kappa shape index (κ1) is 18.0. The molecule has 7 heteroatoms. The minimum Gasteiger partial charge on any atom is -0.493 e. The van der Waals surface area contributed by atoms with E-state index in [0.717, 1.165) is 41.7 Å². The van der Waals surface area contributed by atoms with Gasteiger partial charge in [0.25, 0.3) is 5.91 Å². The summed E-state index contributed by atoms with van der Waals surface area (Å²) >= 11 is 0. The Morgan fingerprint density at radius 2 is 2.07 bits per heavy atom. The van der Waals surface area contributed by atoms with Gasteiger partial charge in [-0.3, -0.25) is 4.79 Å². The standard InChI is InChI=1S/C22H24N4O3/c1-13-4-7-19(20(8-13)28-3)29-12-22(27)25-15-5-6-17(25)16-11-23-21-9-14(2)24-26(21)18(16)10-15/h4,7-9,11,15,17H,5-6,10,12H2,1-3H3/t15-,17-/m1/s1. The molecule has 2 aromatic heterocycles. The largest absolute Gasteiger partial charge is 0.493 e. The molecule has 5 rings (SSSR count). The molecule has 0 spiro atoms. The first-order chi connectivity index (χ1) is 14.0. The minimum absolute atomic E-state index is 0.00168. The smallest absolute Gasteiger partial charge is 0.261 e. The topological polar surface area (TPSA) is 69.0 Å². The van der Waals surface area contributed by atoms with Crippen molar-refractivity contribution in [2.45, 2.75) is 45.2 Å². The third-order valence-corrected chi connectivity index (χ3v) is 5.99. The number of amides is 1. The van der Waals surface area contributed by atoms with Gasteiger partial charge in [0, 0.05) is 30.3 Å². The molecule has 0 radical (unpaired) electrons. The van der Waals surface area contributed by atoms with Crippen LogP contribution < -0.4 is 9.47 Å². The van der Waals surface area contributed by atoms with E-state index < -0.39 is 0 Å². The van der Waals surface area contributed by atoms with Crippen LogP contribution in [0.1, 0.15) is 41.4 Å². The molecule has 0 aliphatic carbocycles. The lowest BCUT2D eigenvalue weighted by molar-refractivity contribution is -0.137. The normalized spacial score (nSPS) is 20.0. The van der Waals surface area contributed by atoms with Crippen LogP contribution in [0.3, 0.4) is 0 Å². The maximum Gasteiger partial charge on any atom is 0.261 e. The lowest BCUT2D eigenvalue weighted by atomic mass is 9.99. The molecule has 1 fully saturated rings. The highest BCUT2D eigenvalue weighted by Crippen LogP contribution is 2.43. The Balaban J connectivity index is 1.39. The molecule has 1 aromatic carbocycles. The number of carbonyl (C=O) groups is 1. The van der Waals surface area contributed by atoms with Crippen LogP contribution in [0.2, 0.25) is 0 Å². The van der Waals surface area contributed by atoms with Gasteiger partial charge in [-0.1, -0.05) is 6.07 Å². The van der Waals surface area contributed by atoms with Gasteiger partial charge < -0.3 is 14.4 Å². The first-order valence-corrected chi connectivity index (χ1v) is 9.98. The van der Waals surface area contributed by atoms with E-state index in [1.165, 1.54) is 5.69 Å². The fourth-order valence-corrected chi connectivity index (χ4v) is 4.69. The fourth-order valence-electron chi connectivity index (χ4n) is 4.69. The van der Waals surface area contributed by atoms with Gasteiger partial charge in [-0.25, -0.2) is 9.50 Å². The molecule has 29 heavy (non-hydrogen) atoms. The molecule has 2 aliphatic rings. The number of aromatic nitrogens is 3. The summed E-state index contributed by atoms with van der Waals surface area (Å²) in [5.74, 6) is 1.24. The van der Waals surface area contributed by atoms with Gasteiger partial charge in [0.2, 0.25) is 0 Å². The van der Waals surface area contributed by atoms with Gasteiger partial charge in [-0.15, -0.1) is 0 Å². The second-order valence-electron chi connectivity index (χ2n) is 7.91. The van der Waals surface area contributed by atoms with Gasteiger partial charge in [-0.05, 0) is 44.4 Å². The Labute approximate surface area is 169 Å². The SMILES string of the molecule is COc1cc(C)ccc1OCC(=O)N1[C@@H]2CC[C@@H]1c1cnc3cc(C)nn3c1C2. The second-order valence-corrected chi connectivity index (χ2v) is 7.91. The summed E-state index contributed by atoms with van der Waals surface area (Å²) in [6.45, 7) is 3.97. The zero-order valence-corrected chi connectivity index (χ0v) is 16.9. The van der Waals surface area contributed by atoms with Crippen molar-refractivity contribution in [3.8, 4) is 11.5 Å². The highest BCUT2D eigenvalue weighted by Gasteiger charge is 2.43. The number of methoxy groups -OCH3 is 1. The predicted molar refractivity (Wildman–Crippen MR) is 107 cm³/mol. The third kappa shape index (κ3) is 2.92. The van der Waals surface area contributed by atoms with Crippen molar-refractivity contribution in [2.24, 2.45) is 0 Å². The number of rotatable bonds is 4. The molecular weight excluding hydrogens is 368 g/mol. The van der Waals surface area contributed by atoms with Crippen molar-refractivity contribution < 1.29 is 14.3 Å². The Hall–Kier alpha value is -3.09.